The van der Waals surface area contributed by atoms with Gasteiger partial charge in [0, 0.05) is 37.3 Å². The predicted molar refractivity (Wildman–Crippen MR) is 131 cm³/mol. The van der Waals surface area contributed by atoms with Gasteiger partial charge >= 0.3 is 6.36 Å². The summed E-state index contributed by atoms with van der Waals surface area (Å²) in [4.78, 5) is 28.9. The van der Waals surface area contributed by atoms with E-state index in [-0.39, 0.29) is 23.5 Å². The second-order valence-electron chi connectivity index (χ2n) is 9.07. The SMILES string of the molecule is O=C(Nc1ccc(OC2CCN(C(=O)c3cccc(OC(F)(F)F)c3)C2)cc1)C1CN(c2ccnnc2)C1. The lowest BCUT2D eigenvalue weighted by atomic mass is 9.98. The first-order chi connectivity index (χ1) is 18.2. The van der Waals surface area contributed by atoms with Crippen molar-refractivity contribution in [3.05, 3.63) is 72.6 Å². The van der Waals surface area contributed by atoms with Gasteiger partial charge in [-0.2, -0.15) is 10.2 Å². The highest BCUT2D eigenvalue weighted by Crippen LogP contribution is 2.27. The maximum absolute atomic E-state index is 12.8. The Balaban J connectivity index is 1.09. The maximum atomic E-state index is 12.8. The average molecular weight is 528 g/mol. The zero-order valence-corrected chi connectivity index (χ0v) is 20.1. The van der Waals surface area contributed by atoms with Gasteiger partial charge in [0.25, 0.3) is 5.91 Å². The summed E-state index contributed by atoms with van der Waals surface area (Å²) in [6, 6.07) is 13.9. The molecule has 0 aliphatic carbocycles. The summed E-state index contributed by atoms with van der Waals surface area (Å²) in [5.41, 5.74) is 1.69. The van der Waals surface area contributed by atoms with E-state index >= 15 is 0 Å². The molecule has 9 nitrogen and oxygen atoms in total. The van der Waals surface area contributed by atoms with Crippen LogP contribution in [0.2, 0.25) is 0 Å². The van der Waals surface area contributed by atoms with Gasteiger partial charge in [0.15, 0.2) is 0 Å². The Kier molecular flexibility index (Phi) is 7.03. The third-order valence-corrected chi connectivity index (χ3v) is 6.36. The molecule has 0 radical (unpaired) electrons. The van der Waals surface area contributed by atoms with Crippen LogP contribution in [0, 0.1) is 5.92 Å². The topological polar surface area (TPSA) is 96.9 Å². The molecule has 1 aromatic heterocycles. The molecule has 0 spiro atoms. The summed E-state index contributed by atoms with van der Waals surface area (Å²) in [6.45, 7) is 1.92. The van der Waals surface area contributed by atoms with Crippen molar-refractivity contribution < 1.29 is 32.2 Å². The number of hydrogen-bond acceptors (Lipinski definition) is 7. The van der Waals surface area contributed by atoms with E-state index in [0.717, 1.165) is 17.8 Å². The highest BCUT2D eigenvalue weighted by Gasteiger charge is 2.34. The van der Waals surface area contributed by atoms with Crippen molar-refractivity contribution in [1.82, 2.24) is 15.1 Å². The van der Waals surface area contributed by atoms with Gasteiger partial charge in [0.05, 0.1) is 30.5 Å². The molecule has 0 bridgehead atoms. The number of carbonyl (C=O) groups is 2. The zero-order chi connectivity index (χ0) is 26.7. The summed E-state index contributed by atoms with van der Waals surface area (Å²) in [5, 5.41) is 10.5. The van der Waals surface area contributed by atoms with E-state index in [2.05, 4.69) is 25.2 Å². The minimum Gasteiger partial charge on any atom is -0.489 e. The molecule has 2 fully saturated rings. The van der Waals surface area contributed by atoms with E-state index in [0.29, 0.717) is 44.0 Å². The normalized spacial score (nSPS) is 17.6. The quantitative estimate of drug-likeness (QED) is 0.500. The first-order valence-electron chi connectivity index (χ1n) is 12.0. The number of anilines is 2. The number of nitrogens with one attached hydrogen (secondary N) is 1. The minimum absolute atomic E-state index is 0.0633. The van der Waals surface area contributed by atoms with E-state index in [9.17, 15) is 22.8 Å². The number of benzene rings is 2. The first-order valence-corrected chi connectivity index (χ1v) is 12.0. The molecule has 2 aliphatic rings. The van der Waals surface area contributed by atoms with Crippen LogP contribution in [-0.2, 0) is 4.79 Å². The fourth-order valence-electron chi connectivity index (χ4n) is 4.40. The highest BCUT2D eigenvalue weighted by molar-refractivity contribution is 5.95. The number of nitrogens with zero attached hydrogens (tertiary/aromatic N) is 4. The maximum Gasteiger partial charge on any atom is 0.573 e. The summed E-state index contributed by atoms with van der Waals surface area (Å²) in [7, 11) is 0. The van der Waals surface area contributed by atoms with Crippen molar-refractivity contribution in [2.24, 2.45) is 5.92 Å². The van der Waals surface area contributed by atoms with E-state index in [1.165, 1.54) is 17.0 Å². The molecule has 2 aliphatic heterocycles. The van der Waals surface area contributed by atoms with Crippen LogP contribution < -0.4 is 19.7 Å². The van der Waals surface area contributed by atoms with Crippen LogP contribution >= 0.6 is 0 Å². The molecular formula is C26H24F3N5O4. The van der Waals surface area contributed by atoms with Crippen molar-refractivity contribution in [1.29, 1.82) is 0 Å². The molecule has 2 saturated heterocycles. The van der Waals surface area contributed by atoms with Crippen LogP contribution in [-0.4, -0.2) is 65.6 Å². The summed E-state index contributed by atoms with van der Waals surface area (Å²) >= 11 is 0. The molecule has 1 unspecified atom stereocenters. The summed E-state index contributed by atoms with van der Waals surface area (Å²) in [6.07, 6.45) is -1.24. The predicted octanol–water partition coefficient (Wildman–Crippen LogP) is 3.74. The van der Waals surface area contributed by atoms with Crippen LogP contribution in [0.25, 0.3) is 0 Å². The van der Waals surface area contributed by atoms with E-state index in [1.807, 2.05) is 6.07 Å². The number of alkyl halides is 3. The van der Waals surface area contributed by atoms with Crippen LogP contribution in [0.4, 0.5) is 24.5 Å². The third kappa shape index (κ3) is 6.13. The second kappa shape index (κ2) is 10.6. The van der Waals surface area contributed by atoms with Crippen molar-refractivity contribution in [3.63, 3.8) is 0 Å². The Bertz CT molecular complexity index is 1280. The molecule has 3 aromatic rings. The number of carbonyl (C=O) groups excluding carboxylic acids is 2. The molecule has 5 rings (SSSR count). The third-order valence-electron chi connectivity index (χ3n) is 6.36. The Morgan fingerprint density at radius 3 is 2.47 bits per heavy atom. The van der Waals surface area contributed by atoms with Gasteiger partial charge < -0.3 is 24.6 Å². The Hall–Kier alpha value is -4.35. The lowest BCUT2D eigenvalue weighted by Crippen LogP contribution is -2.52. The van der Waals surface area contributed by atoms with Gasteiger partial charge in [-0.05, 0) is 48.5 Å². The van der Waals surface area contributed by atoms with E-state index in [1.54, 1.807) is 36.7 Å². The minimum atomic E-state index is -4.83. The van der Waals surface area contributed by atoms with Crippen LogP contribution in [0.3, 0.4) is 0 Å². The Morgan fingerprint density at radius 2 is 1.76 bits per heavy atom. The smallest absolute Gasteiger partial charge is 0.489 e. The molecule has 1 N–H and O–H groups in total. The van der Waals surface area contributed by atoms with E-state index in [4.69, 9.17) is 4.74 Å². The van der Waals surface area contributed by atoms with Crippen molar-refractivity contribution in [2.45, 2.75) is 18.9 Å². The van der Waals surface area contributed by atoms with Crippen molar-refractivity contribution in [2.75, 3.05) is 36.4 Å². The lowest BCUT2D eigenvalue weighted by Gasteiger charge is -2.39. The molecule has 12 heteroatoms. The van der Waals surface area contributed by atoms with Gasteiger partial charge in [0.1, 0.15) is 17.6 Å². The molecular weight excluding hydrogens is 503 g/mol. The average Bonchev–Trinajstić information content (AvgIpc) is 3.32. The van der Waals surface area contributed by atoms with Crippen LogP contribution in [0.5, 0.6) is 11.5 Å². The first kappa shape index (κ1) is 25.3. The number of likely N-dealkylation sites (tertiary alicyclic amines) is 1. The van der Waals surface area contributed by atoms with Gasteiger partial charge in [-0.1, -0.05) is 6.07 Å². The molecule has 2 amide bonds. The number of hydrogen-bond donors (Lipinski definition) is 1. The number of halogens is 3. The van der Waals surface area contributed by atoms with Gasteiger partial charge in [-0.15, -0.1) is 13.2 Å². The second-order valence-corrected chi connectivity index (χ2v) is 9.07. The Morgan fingerprint density at radius 1 is 0.974 bits per heavy atom. The number of rotatable bonds is 7. The lowest BCUT2D eigenvalue weighted by molar-refractivity contribution is -0.274. The monoisotopic (exact) mass is 527 g/mol. The molecule has 2 aromatic carbocycles. The van der Waals surface area contributed by atoms with Crippen molar-refractivity contribution in [3.8, 4) is 11.5 Å². The Labute approximate surface area is 216 Å². The number of amides is 2. The van der Waals surface area contributed by atoms with Crippen LogP contribution in [0.15, 0.2) is 67.0 Å². The van der Waals surface area contributed by atoms with Gasteiger partial charge in [0.2, 0.25) is 5.91 Å². The number of ether oxygens (including phenoxy) is 2. The summed E-state index contributed by atoms with van der Waals surface area (Å²) in [5.74, 6) is -0.434. The summed E-state index contributed by atoms with van der Waals surface area (Å²) < 4.78 is 47.4. The fourth-order valence-corrected chi connectivity index (χ4v) is 4.40. The molecule has 198 valence electrons. The largest absolute Gasteiger partial charge is 0.573 e. The van der Waals surface area contributed by atoms with Crippen molar-refractivity contribution >= 4 is 23.2 Å². The zero-order valence-electron chi connectivity index (χ0n) is 20.1. The molecule has 0 saturated carbocycles. The molecule has 1 atom stereocenters. The molecule has 38 heavy (non-hydrogen) atoms. The van der Waals surface area contributed by atoms with Gasteiger partial charge in [-0.3, -0.25) is 9.59 Å². The molecule has 3 heterocycles. The highest BCUT2D eigenvalue weighted by atomic mass is 19.4. The van der Waals surface area contributed by atoms with Gasteiger partial charge in [-0.25, -0.2) is 0 Å². The van der Waals surface area contributed by atoms with Crippen LogP contribution in [0.1, 0.15) is 16.8 Å². The van der Waals surface area contributed by atoms with E-state index < -0.39 is 18.0 Å². The number of aromatic nitrogens is 2. The fraction of sp³-hybridized carbons (Fsp3) is 0.308. The standard InChI is InChI=1S/C26H24F3N5O4/c27-26(28,29)38-22-3-1-2-17(12-22)25(36)33-11-9-23(16-33)37-21-6-4-19(5-7-21)32-24(35)18-14-34(15-18)20-8-10-30-31-13-20/h1-8,10,12-13,18,23H,9,11,14-16H2,(H,32,35).